The van der Waals surface area contributed by atoms with Gasteiger partial charge in [-0.3, -0.25) is 4.79 Å². The van der Waals surface area contributed by atoms with E-state index in [-0.39, 0.29) is 11.7 Å². The Morgan fingerprint density at radius 1 is 1.18 bits per heavy atom. The molecule has 2 aromatic carbocycles. The third kappa shape index (κ3) is 5.98. The van der Waals surface area contributed by atoms with Crippen LogP contribution in [0.1, 0.15) is 15.9 Å². The number of methoxy groups -OCH3 is 2. The van der Waals surface area contributed by atoms with Crippen molar-refractivity contribution in [2.75, 3.05) is 32.8 Å². The number of carbonyl (C=O) groups is 1. The number of nitrogens with zero attached hydrogens (tertiary/aromatic N) is 3. The maximum absolute atomic E-state index is 13.8. The van der Waals surface area contributed by atoms with Crippen molar-refractivity contribution in [1.29, 1.82) is 0 Å². The molecule has 0 atom stereocenters. The van der Waals surface area contributed by atoms with Gasteiger partial charge in [-0.15, -0.1) is 0 Å². The first-order valence-corrected chi connectivity index (χ1v) is 14.5. The third-order valence-electron chi connectivity index (χ3n) is 5.40. The molecule has 0 N–H and O–H groups in total. The molecule has 0 aliphatic rings. The fourth-order valence-electron chi connectivity index (χ4n) is 3.44. The summed E-state index contributed by atoms with van der Waals surface area (Å²) in [7, 11) is 3.46. The van der Waals surface area contributed by atoms with Crippen LogP contribution in [0.3, 0.4) is 0 Å². The first-order chi connectivity index (χ1) is 15.6. The van der Waals surface area contributed by atoms with E-state index in [0.717, 1.165) is 22.6 Å². The van der Waals surface area contributed by atoms with Crippen LogP contribution < -0.4 is 9.64 Å². The van der Waals surface area contributed by atoms with Crippen molar-refractivity contribution in [3.8, 4) is 5.75 Å². The van der Waals surface area contributed by atoms with Crippen LogP contribution in [-0.2, 0) is 22.8 Å². The molecule has 3 rings (SSSR count). The molecule has 1 aromatic heterocycles. The van der Waals surface area contributed by atoms with Gasteiger partial charge in [0.1, 0.15) is 6.73 Å². The van der Waals surface area contributed by atoms with Gasteiger partial charge in [0.05, 0.1) is 31.1 Å². The van der Waals surface area contributed by atoms with E-state index in [1.165, 1.54) is 24.1 Å². The summed E-state index contributed by atoms with van der Waals surface area (Å²) in [5.41, 5.74) is 3.38. The molecular weight excluding hydrogens is 441 g/mol. The lowest BCUT2D eigenvalue weighted by atomic mass is 10.1. The summed E-state index contributed by atoms with van der Waals surface area (Å²) in [6.45, 7) is 8.30. The number of hydrogen-bond acceptors (Lipinski definition) is 5. The summed E-state index contributed by atoms with van der Waals surface area (Å²) in [5, 5.41) is 0. The second-order valence-corrected chi connectivity index (χ2v) is 14.8. The number of amides is 1. The lowest BCUT2D eigenvalue weighted by Gasteiger charge is -2.19. The topological polar surface area (TPSA) is 65.8 Å². The molecule has 7 nitrogen and oxygen atoms in total. The number of fused-ring (bicyclic) bond motifs is 1. The Morgan fingerprint density at radius 2 is 1.94 bits per heavy atom. The number of anilines is 1. The number of hydrogen-bond donors (Lipinski definition) is 0. The standard InChI is InChI=1S/C24H32FN3O4Si/c1-27(19-7-8-20(25)22(13-19)31-3)24(29)17-11-18(14-30-2)23-21(12-17)28(15-26-23)16-32-9-10-33(4,5)6/h7-8,11-13,15H,9-10,14,16H2,1-6H3. The number of ether oxygens (including phenoxy) is 3. The third-order valence-corrected chi connectivity index (χ3v) is 7.11. The molecule has 0 bridgehead atoms. The summed E-state index contributed by atoms with van der Waals surface area (Å²) < 4.78 is 32.0. The molecule has 0 aliphatic heterocycles. The SMILES string of the molecule is COCc1cc(C(=O)N(C)c2ccc(F)c(OC)c2)cc2c1ncn2COCC[Si](C)(C)C. The number of carbonyl (C=O) groups excluding carboxylic acids is 1. The highest BCUT2D eigenvalue weighted by atomic mass is 28.3. The molecule has 33 heavy (non-hydrogen) atoms. The van der Waals surface area contributed by atoms with Gasteiger partial charge >= 0.3 is 0 Å². The maximum atomic E-state index is 13.8. The van der Waals surface area contributed by atoms with Crippen LogP contribution >= 0.6 is 0 Å². The van der Waals surface area contributed by atoms with E-state index < -0.39 is 13.9 Å². The van der Waals surface area contributed by atoms with Crippen molar-refractivity contribution in [2.45, 2.75) is 39.0 Å². The van der Waals surface area contributed by atoms with E-state index in [0.29, 0.717) is 31.2 Å². The number of aromatic nitrogens is 2. The van der Waals surface area contributed by atoms with Crippen LogP contribution in [0.15, 0.2) is 36.7 Å². The molecule has 0 radical (unpaired) electrons. The average molecular weight is 474 g/mol. The number of imidazole rings is 1. The minimum Gasteiger partial charge on any atom is -0.494 e. The first kappa shape index (κ1) is 24.9. The van der Waals surface area contributed by atoms with Crippen LogP contribution in [0.25, 0.3) is 11.0 Å². The molecule has 1 heterocycles. The molecule has 0 unspecified atom stereocenters. The zero-order valence-corrected chi connectivity index (χ0v) is 21.1. The van der Waals surface area contributed by atoms with Gasteiger partial charge in [0.25, 0.3) is 5.91 Å². The lowest BCUT2D eigenvalue weighted by molar-refractivity contribution is 0.0897. The van der Waals surface area contributed by atoms with E-state index in [1.807, 2.05) is 10.6 Å². The van der Waals surface area contributed by atoms with Crippen LogP contribution in [0, 0.1) is 5.82 Å². The van der Waals surface area contributed by atoms with Gasteiger partial charge in [-0.2, -0.15) is 0 Å². The molecule has 0 saturated heterocycles. The number of rotatable bonds is 10. The fourth-order valence-corrected chi connectivity index (χ4v) is 4.19. The van der Waals surface area contributed by atoms with Crippen molar-refractivity contribution in [2.24, 2.45) is 0 Å². The Bertz CT molecular complexity index is 1130. The van der Waals surface area contributed by atoms with Gasteiger partial charge in [0.2, 0.25) is 0 Å². The van der Waals surface area contributed by atoms with E-state index in [2.05, 4.69) is 24.6 Å². The summed E-state index contributed by atoms with van der Waals surface area (Å²) >= 11 is 0. The largest absolute Gasteiger partial charge is 0.494 e. The van der Waals surface area contributed by atoms with Crippen molar-refractivity contribution in [3.05, 3.63) is 53.6 Å². The van der Waals surface area contributed by atoms with Crippen molar-refractivity contribution < 1.29 is 23.4 Å². The van der Waals surface area contributed by atoms with E-state index >= 15 is 0 Å². The highest BCUT2D eigenvalue weighted by Gasteiger charge is 2.19. The predicted molar refractivity (Wildman–Crippen MR) is 130 cm³/mol. The number of halogens is 1. The van der Waals surface area contributed by atoms with E-state index in [9.17, 15) is 9.18 Å². The Kier molecular flexibility index (Phi) is 7.88. The lowest BCUT2D eigenvalue weighted by Crippen LogP contribution is -2.26. The molecule has 0 saturated carbocycles. The predicted octanol–water partition coefficient (Wildman–Crippen LogP) is 4.92. The van der Waals surface area contributed by atoms with E-state index in [4.69, 9.17) is 14.2 Å². The van der Waals surface area contributed by atoms with Crippen LogP contribution in [0.2, 0.25) is 25.7 Å². The summed E-state index contributed by atoms with van der Waals surface area (Å²) in [4.78, 5) is 19.3. The summed E-state index contributed by atoms with van der Waals surface area (Å²) in [6, 6.07) is 8.99. The molecule has 1 amide bonds. The molecule has 3 aromatic rings. The maximum Gasteiger partial charge on any atom is 0.258 e. The van der Waals surface area contributed by atoms with Gasteiger partial charge < -0.3 is 23.7 Å². The molecular formula is C24H32FN3O4Si. The second kappa shape index (κ2) is 10.5. The highest BCUT2D eigenvalue weighted by Crippen LogP contribution is 2.27. The zero-order valence-electron chi connectivity index (χ0n) is 20.1. The fraction of sp³-hybridized carbons (Fsp3) is 0.417. The van der Waals surface area contributed by atoms with Crippen LogP contribution in [-0.4, -0.2) is 51.4 Å². The van der Waals surface area contributed by atoms with Crippen molar-refractivity contribution >= 4 is 30.7 Å². The zero-order chi connectivity index (χ0) is 24.2. The summed E-state index contributed by atoms with van der Waals surface area (Å²) in [6.07, 6.45) is 1.72. The molecule has 9 heteroatoms. The van der Waals surface area contributed by atoms with Gasteiger partial charge in [-0.1, -0.05) is 19.6 Å². The Hall–Kier alpha value is -2.75. The van der Waals surface area contributed by atoms with Gasteiger partial charge in [0.15, 0.2) is 11.6 Å². The Morgan fingerprint density at radius 3 is 2.61 bits per heavy atom. The monoisotopic (exact) mass is 473 g/mol. The second-order valence-electron chi connectivity index (χ2n) is 9.18. The van der Waals surface area contributed by atoms with E-state index in [1.54, 1.807) is 32.6 Å². The van der Waals surface area contributed by atoms with Crippen LogP contribution in [0.5, 0.6) is 5.75 Å². The molecule has 0 spiro atoms. The normalized spacial score (nSPS) is 11.7. The minimum absolute atomic E-state index is 0.0798. The van der Waals surface area contributed by atoms with Gasteiger partial charge in [0, 0.05) is 51.7 Å². The number of benzene rings is 2. The average Bonchev–Trinajstić information content (AvgIpc) is 3.18. The Balaban J connectivity index is 1.90. The Labute approximate surface area is 195 Å². The quantitative estimate of drug-likeness (QED) is 0.309. The van der Waals surface area contributed by atoms with Crippen molar-refractivity contribution in [1.82, 2.24) is 9.55 Å². The smallest absolute Gasteiger partial charge is 0.258 e. The van der Waals surface area contributed by atoms with Crippen molar-refractivity contribution in [3.63, 3.8) is 0 Å². The highest BCUT2D eigenvalue weighted by molar-refractivity contribution is 6.76. The molecule has 0 aliphatic carbocycles. The van der Waals surface area contributed by atoms with Crippen LogP contribution in [0.4, 0.5) is 10.1 Å². The first-order valence-electron chi connectivity index (χ1n) is 10.8. The summed E-state index contributed by atoms with van der Waals surface area (Å²) in [5.74, 6) is -0.643. The molecule has 0 fully saturated rings. The molecule has 178 valence electrons. The van der Waals surface area contributed by atoms with Gasteiger partial charge in [-0.25, -0.2) is 9.37 Å². The minimum atomic E-state index is -1.18. The van der Waals surface area contributed by atoms with Gasteiger partial charge in [-0.05, 0) is 30.3 Å².